The van der Waals surface area contributed by atoms with Gasteiger partial charge in [-0.15, -0.1) is 0 Å². The summed E-state index contributed by atoms with van der Waals surface area (Å²) in [6.45, 7) is 1.92. The summed E-state index contributed by atoms with van der Waals surface area (Å²) in [6, 6.07) is 4.57. The van der Waals surface area contributed by atoms with Crippen molar-refractivity contribution in [3.8, 4) is 0 Å². The Balaban J connectivity index is 2.13. The number of aromatic nitrogens is 2. The van der Waals surface area contributed by atoms with Crippen molar-refractivity contribution in [3.05, 3.63) is 57.8 Å². The Morgan fingerprint density at radius 2 is 2.00 bits per heavy atom. The van der Waals surface area contributed by atoms with Crippen molar-refractivity contribution in [2.24, 2.45) is 5.73 Å². The quantitative estimate of drug-likeness (QED) is 0.948. The molecule has 1 unspecified atom stereocenters. The van der Waals surface area contributed by atoms with Crippen LogP contribution in [-0.4, -0.2) is 9.97 Å². The molecule has 1 heterocycles. The van der Waals surface area contributed by atoms with Crippen molar-refractivity contribution >= 4 is 15.9 Å². The van der Waals surface area contributed by atoms with Crippen LogP contribution in [0, 0.1) is 12.7 Å². The highest BCUT2D eigenvalue weighted by Crippen LogP contribution is 2.20. The molecular weight excluding hydrogens is 297 g/mol. The van der Waals surface area contributed by atoms with Gasteiger partial charge >= 0.3 is 0 Å². The van der Waals surface area contributed by atoms with E-state index in [1.165, 1.54) is 6.07 Å². The predicted molar refractivity (Wildman–Crippen MR) is 71.5 cm³/mol. The molecule has 0 aliphatic heterocycles. The van der Waals surface area contributed by atoms with Gasteiger partial charge in [-0.3, -0.25) is 0 Å². The molecule has 1 aromatic heterocycles. The maximum absolute atomic E-state index is 13.1. The lowest BCUT2D eigenvalue weighted by Crippen LogP contribution is -2.16. The summed E-state index contributed by atoms with van der Waals surface area (Å²) >= 11 is 3.15. The van der Waals surface area contributed by atoms with Gasteiger partial charge in [0.1, 0.15) is 11.6 Å². The van der Waals surface area contributed by atoms with Gasteiger partial charge in [0.05, 0.1) is 10.5 Å². The highest BCUT2D eigenvalue weighted by atomic mass is 79.9. The topological polar surface area (TPSA) is 51.8 Å². The average Bonchev–Trinajstić information content (AvgIpc) is 2.34. The van der Waals surface area contributed by atoms with Gasteiger partial charge < -0.3 is 5.73 Å². The van der Waals surface area contributed by atoms with Crippen LogP contribution in [0.15, 0.2) is 35.1 Å². The highest BCUT2D eigenvalue weighted by molar-refractivity contribution is 9.10. The molecule has 5 heteroatoms. The van der Waals surface area contributed by atoms with Crippen LogP contribution >= 0.6 is 15.9 Å². The van der Waals surface area contributed by atoms with Gasteiger partial charge in [-0.2, -0.15) is 0 Å². The summed E-state index contributed by atoms with van der Waals surface area (Å²) in [4.78, 5) is 8.38. The van der Waals surface area contributed by atoms with Crippen LogP contribution in [0.3, 0.4) is 0 Å². The minimum absolute atomic E-state index is 0.279. The van der Waals surface area contributed by atoms with Crippen LogP contribution in [0.1, 0.15) is 23.0 Å². The summed E-state index contributed by atoms with van der Waals surface area (Å²) in [5.41, 5.74) is 7.97. The number of hydrogen-bond acceptors (Lipinski definition) is 3. The number of nitrogens with two attached hydrogens (primary N) is 1. The molecule has 2 rings (SSSR count). The van der Waals surface area contributed by atoms with Gasteiger partial charge in [0.15, 0.2) is 0 Å². The fourth-order valence-corrected chi connectivity index (χ4v) is 2.03. The molecule has 0 aliphatic rings. The van der Waals surface area contributed by atoms with Crippen LogP contribution in [0.4, 0.5) is 4.39 Å². The third-order valence-corrected chi connectivity index (χ3v) is 3.18. The number of hydrogen-bond donors (Lipinski definition) is 1. The van der Waals surface area contributed by atoms with Crippen molar-refractivity contribution in [2.75, 3.05) is 0 Å². The van der Waals surface area contributed by atoms with E-state index in [1.54, 1.807) is 24.5 Å². The predicted octanol–water partition coefficient (Wildman–Crippen LogP) is 2.93. The second-order valence-electron chi connectivity index (χ2n) is 4.18. The summed E-state index contributed by atoms with van der Waals surface area (Å²) in [7, 11) is 0. The summed E-state index contributed by atoms with van der Waals surface area (Å²) in [5, 5.41) is 0. The lowest BCUT2D eigenvalue weighted by molar-refractivity contribution is 0.617. The summed E-state index contributed by atoms with van der Waals surface area (Å²) in [6.07, 6.45) is 4.05. The number of nitrogens with zero attached hydrogens (tertiary/aromatic N) is 2. The first-order valence-electron chi connectivity index (χ1n) is 5.54. The third kappa shape index (κ3) is 3.11. The van der Waals surface area contributed by atoms with Crippen molar-refractivity contribution in [3.63, 3.8) is 0 Å². The Bertz CT molecular complexity index is 542. The molecule has 0 fully saturated rings. The van der Waals surface area contributed by atoms with Crippen LogP contribution in [0.2, 0.25) is 0 Å². The molecule has 0 amide bonds. The van der Waals surface area contributed by atoms with E-state index in [2.05, 4.69) is 25.9 Å². The van der Waals surface area contributed by atoms with E-state index in [4.69, 9.17) is 5.73 Å². The average molecular weight is 310 g/mol. The molecule has 2 N–H and O–H groups in total. The van der Waals surface area contributed by atoms with Gasteiger partial charge in [-0.25, -0.2) is 14.4 Å². The Morgan fingerprint density at radius 3 is 2.61 bits per heavy atom. The third-order valence-electron chi connectivity index (χ3n) is 2.57. The lowest BCUT2D eigenvalue weighted by atomic mass is 10.1. The van der Waals surface area contributed by atoms with Crippen molar-refractivity contribution in [1.82, 2.24) is 9.97 Å². The van der Waals surface area contributed by atoms with Gasteiger partial charge in [-0.1, -0.05) is 6.07 Å². The smallest absolute Gasteiger partial charge is 0.145 e. The molecule has 18 heavy (non-hydrogen) atoms. The molecule has 0 saturated carbocycles. The van der Waals surface area contributed by atoms with Gasteiger partial charge in [0.2, 0.25) is 0 Å². The summed E-state index contributed by atoms with van der Waals surface area (Å²) in [5.74, 6) is 0.319. The minimum atomic E-state index is -0.289. The maximum Gasteiger partial charge on any atom is 0.145 e. The monoisotopic (exact) mass is 309 g/mol. The van der Waals surface area contributed by atoms with E-state index < -0.39 is 0 Å². The van der Waals surface area contributed by atoms with E-state index in [0.29, 0.717) is 16.7 Å². The SMILES string of the molecule is Cc1cnc(C(N)Cc2ccc(F)c(Br)c2)nc1. The highest BCUT2D eigenvalue weighted by Gasteiger charge is 2.11. The second-order valence-corrected chi connectivity index (χ2v) is 5.03. The summed E-state index contributed by atoms with van der Waals surface area (Å²) < 4.78 is 13.5. The molecule has 0 radical (unpaired) electrons. The minimum Gasteiger partial charge on any atom is -0.321 e. The van der Waals surface area contributed by atoms with E-state index >= 15 is 0 Å². The normalized spacial score (nSPS) is 12.4. The van der Waals surface area contributed by atoms with Gasteiger partial charge in [-0.05, 0) is 52.5 Å². The van der Waals surface area contributed by atoms with Crippen molar-refractivity contribution in [2.45, 2.75) is 19.4 Å². The number of benzene rings is 1. The van der Waals surface area contributed by atoms with Crippen LogP contribution in [-0.2, 0) is 6.42 Å². The van der Waals surface area contributed by atoms with Crippen LogP contribution < -0.4 is 5.73 Å². The molecule has 1 aromatic carbocycles. The molecular formula is C13H13BrFN3. The van der Waals surface area contributed by atoms with Crippen LogP contribution in [0.25, 0.3) is 0 Å². The molecule has 2 aromatic rings. The standard InChI is InChI=1S/C13H13BrFN3/c1-8-6-17-13(18-7-8)12(16)5-9-2-3-11(15)10(14)4-9/h2-4,6-7,12H,5,16H2,1H3. The Hall–Kier alpha value is -1.33. The van der Waals surface area contributed by atoms with Gasteiger partial charge in [0.25, 0.3) is 0 Å². The first kappa shape index (κ1) is 13.1. The first-order chi connectivity index (χ1) is 8.56. The number of aryl methyl sites for hydroxylation is 1. The van der Waals surface area contributed by atoms with Crippen molar-refractivity contribution in [1.29, 1.82) is 0 Å². The zero-order valence-electron chi connectivity index (χ0n) is 9.90. The number of halogens is 2. The fraction of sp³-hybridized carbons (Fsp3) is 0.231. The van der Waals surface area contributed by atoms with E-state index in [1.807, 2.05) is 6.92 Å². The Kier molecular flexibility index (Phi) is 4.04. The van der Waals surface area contributed by atoms with E-state index in [9.17, 15) is 4.39 Å². The van der Waals surface area contributed by atoms with Crippen LogP contribution in [0.5, 0.6) is 0 Å². The number of rotatable bonds is 3. The first-order valence-corrected chi connectivity index (χ1v) is 6.33. The van der Waals surface area contributed by atoms with Crippen molar-refractivity contribution < 1.29 is 4.39 Å². The fourth-order valence-electron chi connectivity index (χ4n) is 1.61. The molecule has 0 spiro atoms. The Labute approximate surface area is 113 Å². The molecule has 94 valence electrons. The molecule has 3 nitrogen and oxygen atoms in total. The molecule has 0 bridgehead atoms. The lowest BCUT2D eigenvalue weighted by Gasteiger charge is -2.10. The molecule has 0 saturated heterocycles. The second kappa shape index (κ2) is 5.54. The zero-order chi connectivity index (χ0) is 13.1. The van der Waals surface area contributed by atoms with Gasteiger partial charge in [0, 0.05) is 12.4 Å². The maximum atomic E-state index is 13.1. The van der Waals surface area contributed by atoms with E-state index in [-0.39, 0.29) is 11.9 Å². The molecule has 1 atom stereocenters. The zero-order valence-corrected chi connectivity index (χ0v) is 11.5. The largest absolute Gasteiger partial charge is 0.321 e. The molecule has 0 aliphatic carbocycles. The Morgan fingerprint density at radius 1 is 1.33 bits per heavy atom. The van der Waals surface area contributed by atoms with E-state index in [0.717, 1.165) is 11.1 Å².